The van der Waals surface area contributed by atoms with Crippen molar-refractivity contribution in [2.75, 3.05) is 25.0 Å². The minimum Gasteiger partial charge on any atom is -0.369 e. The van der Waals surface area contributed by atoms with E-state index in [2.05, 4.69) is 17.1 Å². The van der Waals surface area contributed by atoms with Crippen LogP contribution in [-0.2, 0) is 0 Å². The van der Waals surface area contributed by atoms with Crippen LogP contribution in [-0.4, -0.2) is 20.1 Å². The average molecular weight is 264 g/mol. The van der Waals surface area contributed by atoms with Gasteiger partial charge >= 0.3 is 0 Å². The van der Waals surface area contributed by atoms with Crippen LogP contribution in [0.4, 0.5) is 10.1 Å². The van der Waals surface area contributed by atoms with Crippen LogP contribution in [0.2, 0.25) is 0 Å². The normalized spacial score (nSPS) is 18.8. The number of nitrogens with one attached hydrogen (secondary N) is 1. The number of nitrogens with zero attached hydrogens (tertiary/aromatic N) is 1. The van der Waals surface area contributed by atoms with E-state index in [0.29, 0.717) is 0 Å². The van der Waals surface area contributed by atoms with Crippen molar-refractivity contribution >= 4 is 5.69 Å². The van der Waals surface area contributed by atoms with Crippen LogP contribution >= 0.6 is 0 Å². The number of halogens is 1. The summed E-state index contributed by atoms with van der Waals surface area (Å²) in [7, 11) is 1.92. The lowest BCUT2D eigenvalue weighted by atomic mass is 10.0. The summed E-state index contributed by atoms with van der Waals surface area (Å²) < 4.78 is 14.3. The van der Waals surface area contributed by atoms with E-state index in [-0.39, 0.29) is 11.9 Å². The molecule has 0 radical (unpaired) electrons. The Hall–Kier alpha value is -1.09. The third-order valence-electron chi connectivity index (χ3n) is 4.09. The van der Waals surface area contributed by atoms with Crippen molar-refractivity contribution in [1.82, 2.24) is 5.32 Å². The van der Waals surface area contributed by atoms with Crippen molar-refractivity contribution in [2.45, 2.75) is 45.1 Å². The zero-order valence-electron chi connectivity index (χ0n) is 12.1. The van der Waals surface area contributed by atoms with Crippen LogP contribution < -0.4 is 10.2 Å². The lowest BCUT2D eigenvalue weighted by Crippen LogP contribution is -2.30. The van der Waals surface area contributed by atoms with Gasteiger partial charge in [0.25, 0.3) is 0 Å². The molecule has 0 spiro atoms. The first-order chi connectivity index (χ1) is 9.24. The van der Waals surface area contributed by atoms with E-state index in [4.69, 9.17) is 0 Å². The van der Waals surface area contributed by atoms with Crippen LogP contribution in [0.15, 0.2) is 18.2 Å². The van der Waals surface area contributed by atoms with Gasteiger partial charge in [-0.25, -0.2) is 4.39 Å². The summed E-state index contributed by atoms with van der Waals surface area (Å²) in [6, 6.07) is 5.61. The van der Waals surface area contributed by atoms with Gasteiger partial charge in [-0.1, -0.05) is 31.4 Å². The smallest absolute Gasteiger partial charge is 0.146 e. The van der Waals surface area contributed by atoms with Gasteiger partial charge in [-0.2, -0.15) is 0 Å². The van der Waals surface area contributed by atoms with Crippen LogP contribution in [0, 0.1) is 5.82 Å². The molecule has 3 heteroatoms. The largest absolute Gasteiger partial charge is 0.369 e. The highest BCUT2D eigenvalue weighted by Gasteiger charge is 2.19. The highest BCUT2D eigenvalue weighted by atomic mass is 19.1. The van der Waals surface area contributed by atoms with Gasteiger partial charge < -0.3 is 10.2 Å². The number of anilines is 1. The van der Waals surface area contributed by atoms with E-state index < -0.39 is 0 Å². The standard InChI is InChI=1S/C16H25FN2/c1-13(18-2)14-9-8-10-15(17)16(14)19-11-6-4-3-5-7-12-19/h8-10,13,18H,3-7,11-12H2,1-2H3. The van der Waals surface area contributed by atoms with Crippen molar-refractivity contribution in [2.24, 2.45) is 0 Å². The third kappa shape index (κ3) is 3.47. The van der Waals surface area contributed by atoms with Crippen molar-refractivity contribution in [3.05, 3.63) is 29.6 Å². The molecule has 0 bridgehead atoms. The molecule has 1 unspecified atom stereocenters. The van der Waals surface area contributed by atoms with Crippen LogP contribution in [0.3, 0.4) is 0 Å². The molecule has 0 saturated carbocycles. The summed E-state index contributed by atoms with van der Waals surface area (Å²) in [6.45, 7) is 4.04. The van der Waals surface area contributed by atoms with Gasteiger partial charge in [-0.3, -0.25) is 0 Å². The summed E-state index contributed by atoms with van der Waals surface area (Å²) >= 11 is 0. The van der Waals surface area contributed by atoms with Crippen molar-refractivity contribution in [3.8, 4) is 0 Å². The predicted molar refractivity (Wildman–Crippen MR) is 79.2 cm³/mol. The van der Waals surface area contributed by atoms with E-state index in [1.165, 1.54) is 32.1 Å². The number of benzene rings is 1. The maximum atomic E-state index is 14.3. The van der Waals surface area contributed by atoms with Gasteiger partial charge in [0.1, 0.15) is 5.82 Å². The molecule has 1 aromatic carbocycles. The zero-order valence-corrected chi connectivity index (χ0v) is 12.1. The summed E-state index contributed by atoms with van der Waals surface area (Å²) in [4.78, 5) is 2.25. The molecule has 1 fully saturated rings. The predicted octanol–water partition coefficient (Wildman–Crippen LogP) is 3.88. The first-order valence-electron chi connectivity index (χ1n) is 7.44. The maximum absolute atomic E-state index is 14.3. The summed E-state index contributed by atoms with van der Waals surface area (Å²) in [6.07, 6.45) is 6.19. The number of para-hydroxylation sites is 1. The quantitative estimate of drug-likeness (QED) is 0.891. The fourth-order valence-electron chi connectivity index (χ4n) is 2.84. The molecular weight excluding hydrogens is 239 g/mol. The average Bonchev–Trinajstić information content (AvgIpc) is 2.38. The maximum Gasteiger partial charge on any atom is 0.146 e. The minimum atomic E-state index is -0.0832. The molecule has 19 heavy (non-hydrogen) atoms. The Bertz CT molecular complexity index is 398. The Morgan fingerprint density at radius 1 is 1.11 bits per heavy atom. The molecule has 1 N–H and O–H groups in total. The summed E-state index contributed by atoms with van der Waals surface area (Å²) in [5.74, 6) is -0.0832. The third-order valence-corrected chi connectivity index (χ3v) is 4.09. The number of rotatable bonds is 3. The molecule has 1 aliphatic heterocycles. The topological polar surface area (TPSA) is 15.3 Å². The van der Waals surface area contributed by atoms with E-state index in [1.54, 1.807) is 6.07 Å². The lowest BCUT2D eigenvalue weighted by Gasteiger charge is -2.30. The molecule has 0 aliphatic carbocycles. The van der Waals surface area contributed by atoms with Crippen LogP contribution in [0.1, 0.15) is 50.6 Å². The molecule has 1 saturated heterocycles. The Balaban J connectivity index is 2.29. The summed E-state index contributed by atoms with van der Waals surface area (Å²) in [5, 5.41) is 3.22. The molecule has 1 heterocycles. The molecule has 2 nitrogen and oxygen atoms in total. The van der Waals surface area contributed by atoms with Crippen molar-refractivity contribution in [1.29, 1.82) is 0 Å². The van der Waals surface area contributed by atoms with Gasteiger partial charge in [0.2, 0.25) is 0 Å². The second-order valence-corrected chi connectivity index (χ2v) is 5.44. The van der Waals surface area contributed by atoms with E-state index in [9.17, 15) is 4.39 Å². The SMILES string of the molecule is CNC(C)c1cccc(F)c1N1CCCCCCC1. The first kappa shape index (κ1) is 14.3. The molecule has 1 aliphatic rings. The zero-order chi connectivity index (χ0) is 13.7. The van der Waals surface area contributed by atoms with E-state index in [0.717, 1.165) is 24.3 Å². The number of hydrogen-bond acceptors (Lipinski definition) is 2. The molecule has 0 aromatic heterocycles. The van der Waals surface area contributed by atoms with Gasteiger partial charge in [-0.05, 0) is 38.4 Å². The molecule has 2 rings (SSSR count). The molecule has 1 atom stereocenters. The minimum absolute atomic E-state index is 0.0832. The second-order valence-electron chi connectivity index (χ2n) is 5.44. The van der Waals surface area contributed by atoms with Gasteiger partial charge in [0, 0.05) is 19.1 Å². The Kier molecular flexibility index (Phi) is 5.20. The van der Waals surface area contributed by atoms with Gasteiger partial charge in [0.05, 0.1) is 5.69 Å². The Morgan fingerprint density at radius 3 is 2.37 bits per heavy atom. The van der Waals surface area contributed by atoms with Gasteiger partial charge in [0.15, 0.2) is 0 Å². The Labute approximate surface area is 116 Å². The van der Waals surface area contributed by atoms with E-state index >= 15 is 0 Å². The Morgan fingerprint density at radius 2 is 1.74 bits per heavy atom. The highest BCUT2D eigenvalue weighted by Crippen LogP contribution is 2.30. The van der Waals surface area contributed by atoms with E-state index in [1.807, 2.05) is 19.2 Å². The second kappa shape index (κ2) is 6.90. The lowest BCUT2D eigenvalue weighted by molar-refractivity contribution is 0.538. The molecule has 0 amide bonds. The number of hydrogen-bond donors (Lipinski definition) is 1. The van der Waals surface area contributed by atoms with Crippen molar-refractivity contribution < 1.29 is 4.39 Å². The molecule has 106 valence electrons. The summed E-state index contributed by atoms with van der Waals surface area (Å²) in [5.41, 5.74) is 1.88. The van der Waals surface area contributed by atoms with Crippen LogP contribution in [0.5, 0.6) is 0 Å². The first-order valence-corrected chi connectivity index (χ1v) is 7.44. The highest BCUT2D eigenvalue weighted by molar-refractivity contribution is 5.56. The molecule has 1 aromatic rings. The fraction of sp³-hybridized carbons (Fsp3) is 0.625. The fourth-order valence-corrected chi connectivity index (χ4v) is 2.84. The monoisotopic (exact) mass is 264 g/mol. The molecular formula is C16H25FN2. The van der Waals surface area contributed by atoms with Crippen LogP contribution in [0.25, 0.3) is 0 Å². The van der Waals surface area contributed by atoms with Crippen molar-refractivity contribution in [3.63, 3.8) is 0 Å². The van der Waals surface area contributed by atoms with Gasteiger partial charge in [-0.15, -0.1) is 0 Å².